The second kappa shape index (κ2) is 13.0. The fourth-order valence-corrected chi connectivity index (χ4v) is 12.6. The Bertz CT molecular complexity index is 1050. The molecule has 42 heavy (non-hydrogen) atoms. The van der Waals surface area contributed by atoms with Crippen LogP contribution in [-0.2, 0) is 14.3 Å². The summed E-state index contributed by atoms with van der Waals surface area (Å²) in [6.45, 7) is 4.52. The molecule has 1 saturated carbocycles. The van der Waals surface area contributed by atoms with Crippen LogP contribution in [0.25, 0.3) is 0 Å². The zero-order valence-electron chi connectivity index (χ0n) is 23.7. The van der Waals surface area contributed by atoms with Crippen molar-refractivity contribution in [3.8, 4) is 0 Å². The quantitative estimate of drug-likeness (QED) is 0.154. The van der Waals surface area contributed by atoms with Gasteiger partial charge in [0.25, 0.3) is 0 Å². The number of amides is 1. The average Bonchev–Trinajstić information content (AvgIpc) is 3.75. The minimum absolute atomic E-state index is 0.0292. The Hall–Kier alpha value is -0.630. The van der Waals surface area contributed by atoms with Crippen LogP contribution >= 0.6 is 35.3 Å². The fourth-order valence-electron chi connectivity index (χ4n) is 7.37. The highest BCUT2D eigenvalue weighted by Crippen LogP contribution is 2.50. The first-order chi connectivity index (χ1) is 20.5. The number of carbonyl (C=O) groups excluding carboxylic acids is 2. The fraction of sp³-hybridized carbons (Fsp3) is 0.846. The lowest BCUT2D eigenvalue weighted by Gasteiger charge is -2.48. The number of allylic oxidation sites excluding steroid dienone is 1. The third-order valence-electron chi connectivity index (χ3n) is 9.65. The van der Waals surface area contributed by atoms with E-state index in [-0.39, 0.29) is 58.4 Å². The van der Waals surface area contributed by atoms with Crippen molar-refractivity contribution in [3.63, 3.8) is 0 Å². The average molecular weight is 641 g/mol. The second-order valence-corrected chi connectivity index (χ2v) is 15.9. The maximum absolute atomic E-state index is 13.1. The molecule has 0 radical (unpaired) electrons. The number of rotatable bonds is 7. The molecule has 0 bridgehead atoms. The standard InChI is InChI=1S/C26H44N10O3S3/c27-14-3-1-2-4-15(14)32-25-33-23(19(22(28)38)24-30-12-31-36(24)25)34-26-29-10-17(41-26)13-11-40-21-16(37)9-18(42-20(13)21)35-5-7-39-8-6-35/h9,13-15,17,19-21,23-26,29-34H,1-8,10-12,27H2,(H2,28,38)/t13?,14-,15+,17?,19?,20?,21?,23?,24?,25?,26?/m1/s1. The molecule has 11 atom stereocenters. The van der Waals surface area contributed by atoms with Gasteiger partial charge in [0.1, 0.15) is 11.8 Å². The highest BCUT2D eigenvalue weighted by Gasteiger charge is 2.52. The largest absolute Gasteiger partial charge is 0.378 e. The van der Waals surface area contributed by atoms with E-state index >= 15 is 0 Å². The molecular weight excluding hydrogens is 597 g/mol. The predicted octanol–water partition coefficient (Wildman–Crippen LogP) is -1.98. The number of nitrogens with one attached hydrogen (secondary N) is 6. The zero-order chi connectivity index (χ0) is 28.8. The van der Waals surface area contributed by atoms with Gasteiger partial charge in [0.05, 0.1) is 48.4 Å². The van der Waals surface area contributed by atoms with Crippen molar-refractivity contribution >= 4 is 47.0 Å². The topological polar surface area (TPSA) is 174 Å². The van der Waals surface area contributed by atoms with E-state index in [0.29, 0.717) is 31.1 Å². The summed E-state index contributed by atoms with van der Waals surface area (Å²) < 4.78 is 5.54. The normalized spacial score (nSPS) is 44.6. The maximum atomic E-state index is 13.1. The van der Waals surface area contributed by atoms with Crippen molar-refractivity contribution in [2.45, 2.75) is 77.6 Å². The van der Waals surface area contributed by atoms with Crippen molar-refractivity contribution in [2.75, 3.05) is 45.3 Å². The van der Waals surface area contributed by atoms with Gasteiger partial charge in [0.2, 0.25) is 5.91 Å². The molecule has 7 rings (SSSR count). The van der Waals surface area contributed by atoms with E-state index in [1.54, 1.807) is 0 Å². The Morgan fingerprint density at radius 1 is 1.14 bits per heavy atom. The van der Waals surface area contributed by atoms with Crippen LogP contribution in [0.5, 0.6) is 0 Å². The number of hydrogen-bond donors (Lipinski definition) is 8. The third-order valence-corrected chi connectivity index (χ3v) is 14.2. The summed E-state index contributed by atoms with van der Waals surface area (Å²) in [5, 5.41) is 22.0. The molecule has 6 aliphatic heterocycles. The number of nitrogens with two attached hydrogens (primary N) is 2. The van der Waals surface area contributed by atoms with Gasteiger partial charge in [0, 0.05) is 48.3 Å². The summed E-state index contributed by atoms with van der Waals surface area (Å²) >= 11 is 5.58. The number of nitrogens with zero attached hydrogens (tertiary/aromatic N) is 2. The monoisotopic (exact) mass is 640 g/mol. The van der Waals surface area contributed by atoms with Gasteiger partial charge in [-0.15, -0.1) is 35.3 Å². The molecule has 234 valence electrons. The van der Waals surface area contributed by atoms with Gasteiger partial charge in [-0.2, -0.15) is 5.01 Å². The van der Waals surface area contributed by atoms with E-state index in [1.165, 1.54) is 6.42 Å². The van der Waals surface area contributed by atoms with E-state index in [2.05, 4.69) is 36.9 Å². The lowest BCUT2D eigenvalue weighted by molar-refractivity contribution is -0.132. The van der Waals surface area contributed by atoms with Crippen LogP contribution in [0.2, 0.25) is 0 Å². The van der Waals surface area contributed by atoms with Gasteiger partial charge >= 0.3 is 0 Å². The van der Waals surface area contributed by atoms with E-state index in [1.807, 2.05) is 46.4 Å². The Kier molecular flexibility index (Phi) is 9.30. The van der Waals surface area contributed by atoms with Crippen LogP contribution in [-0.4, -0.2) is 119 Å². The molecule has 0 aromatic heterocycles. The SMILES string of the molecule is NC(=O)C1C(NC2NCC(C3CSC4C(=O)C=C(N5CCOCC5)SC43)S2)NC(N[C@H]2CCCC[C@H]2N)N2NCNC12. The van der Waals surface area contributed by atoms with Crippen molar-refractivity contribution < 1.29 is 14.3 Å². The minimum atomic E-state index is -0.487. The number of ether oxygens (including phenoxy) is 1. The lowest BCUT2D eigenvalue weighted by atomic mass is 9.91. The zero-order valence-corrected chi connectivity index (χ0v) is 26.2. The molecule has 1 aliphatic carbocycles. The summed E-state index contributed by atoms with van der Waals surface area (Å²) in [6.07, 6.45) is 5.46. The molecule has 0 aromatic rings. The molecule has 6 fully saturated rings. The number of morpholine rings is 1. The van der Waals surface area contributed by atoms with E-state index in [0.717, 1.165) is 49.7 Å². The number of hydrogen-bond acceptors (Lipinski definition) is 15. The third kappa shape index (κ3) is 5.99. The molecule has 16 heteroatoms. The van der Waals surface area contributed by atoms with E-state index in [9.17, 15) is 9.59 Å². The van der Waals surface area contributed by atoms with Crippen molar-refractivity contribution in [3.05, 3.63) is 11.1 Å². The Morgan fingerprint density at radius 2 is 1.98 bits per heavy atom. The van der Waals surface area contributed by atoms with Crippen LogP contribution in [0.1, 0.15) is 25.7 Å². The molecular formula is C26H44N10O3S3. The van der Waals surface area contributed by atoms with E-state index < -0.39 is 5.92 Å². The summed E-state index contributed by atoms with van der Waals surface area (Å²) in [5.41, 5.74) is 15.8. The summed E-state index contributed by atoms with van der Waals surface area (Å²) in [7, 11) is 0. The highest BCUT2D eigenvalue weighted by atomic mass is 32.2. The van der Waals surface area contributed by atoms with Crippen molar-refractivity contribution in [1.29, 1.82) is 0 Å². The molecule has 7 aliphatic rings. The van der Waals surface area contributed by atoms with Crippen LogP contribution in [0, 0.1) is 11.8 Å². The number of primary amides is 1. The van der Waals surface area contributed by atoms with Gasteiger partial charge in [-0.3, -0.25) is 36.2 Å². The molecule has 0 aromatic carbocycles. The predicted molar refractivity (Wildman–Crippen MR) is 166 cm³/mol. The molecule has 13 nitrogen and oxygen atoms in total. The molecule has 6 heterocycles. The first-order valence-corrected chi connectivity index (χ1v) is 18.2. The second-order valence-electron chi connectivity index (χ2n) is 12.2. The van der Waals surface area contributed by atoms with Gasteiger partial charge in [0.15, 0.2) is 5.78 Å². The Morgan fingerprint density at radius 3 is 2.79 bits per heavy atom. The minimum Gasteiger partial charge on any atom is -0.378 e. The molecule has 0 spiro atoms. The van der Waals surface area contributed by atoms with E-state index in [4.69, 9.17) is 16.2 Å². The summed E-state index contributed by atoms with van der Waals surface area (Å²) in [4.78, 5) is 28.2. The molecule has 5 saturated heterocycles. The first-order valence-electron chi connectivity index (χ1n) is 15.3. The molecule has 9 unspecified atom stereocenters. The summed E-state index contributed by atoms with van der Waals surface area (Å²) in [6, 6.07) is 0.312. The maximum Gasteiger partial charge on any atom is 0.226 e. The van der Waals surface area contributed by atoms with Crippen LogP contribution < -0.4 is 43.5 Å². The van der Waals surface area contributed by atoms with Gasteiger partial charge in [-0.1, -0.05) is 12.8 Å². The van der Waals surface area contributed by atoms with Crippen LogP contribution in [0.3, 0.4) is 0 Å². The van der Waals surface area contributed by atoms with Gasteiger partial charge < -0.3 is 21.1 Å². The Balaban J connectivity index is 1.01. The van der Waals surface area contributed by atoms with Gasteiger partial charge in [-0.25, -0.2) is 5.43 Å². The molecule has 10 N–H and O–H groups in total. The smallest absolute Gasteiger partial charge is 0.226 e. The van der Waals surface area contributed by atoms with Crippen LogP contribution in [0.4, 0.5) is 0 Å². The Labute approximate surface area is 259 Å². The lowest BCUT2D eigenvalue weighted by Crippen LogP contribution is -2.77. The van der Waals surface area contributed by atoms with Crippen LogP contribution in [0.15, 0.2) is 11.1 Å². The molecule has 1 amide bonds. The van der Waals surface area contributed by atoms with Crippen molar-refractivity contribution in [2.24, 2.45) is 23.3 Å². The summed E-state index contributed by atoms with van der Waals surface area (Å²) in [5.74, 6) is 0.808. The van der Waals surface area contributed by atoms with Crippen molar-refractivity contribution in [1.82, 2.24) is 41.9 Å². The number of fused-ring (bicyclic) bond motifs is 2. The number of ketones is 1. The highest BCUT2D eigenvalue weighted by molar-refractivity contribution is 8.07. The first kappa shape index (κ1) is 30.0. The number of carbonyl (C=O) groups is 2. The number of hydrazine groups is 1. The van der Waals surface area contributed by atoms with Gasteiger partial charge in [-0.05, 0) is 24.5 Å². The number of thioether (sulfide) groups is 3.